The average Bonchev–Trinajstić information content (AvgIpc) is 2.84. The van der Waals surface area contributed by atoms with E-state index in [1.54, 1.807) is 4.90 Å². The molecule has 3 rings (SSSR count). The maximum absolute atomic E-state index is 12.6. The lowest BCUT2D eigenvalue weighted by Gasteiger charge is -2.22. The van der Waals surface area contributed by atoms with Gasteiger partial charge in [0.15, 0.2) is 0 Å². The first-order valence-electron chi connectivity index (χ1n) is 8.70. The van der Waals surface area contributed by atoms with Gasteiger partial charge < -0.3 is 4.90 Å². The molecule has 0 spiro atoms. The highest BCUT2D eigenvalue weighted by atomic mass is 35.5. The SMILES string of the molecule is O=C(CSc1cccc2cccc(Cl)c12)N1CCCN(CC(F)(F)F)CC1. The fraction of sp³-hybridized carbons (Fsp3) is 0.421. The smallest absolute Gasteiger partial charge is 0.341 e. The molecule has 2 aromatic rings. The largest absolute Gasteiger partial charge is 0.401 e. The van der Waals surface area contributed by atoms with E-state index >= 15 is 0 Å². The summed E-state index contributed by atoms with van der Waals surface area (Å²) in [6, 6.07) is 11.5. The van der Waals surface area contributed by atoms with Crippen LogP contribution in [0.2, 0.25) is 5.02 Å². The van der Waals surface area contributed by atoms with E-state index in [-0.39, 0.29) is 18.2 Å². The van der Waals surface area contributed by atoms with Crippen LogP contribution in [0.5, 0.6) is 0 Å². The molecule has 1 fully saturated rings. The zero-order valence-electron chi connectivity index (χ0n) is 14.6. The van der Waals surface area contributed by atoms with Crippen LogP contribution < -0.4 is 0 Å². The molecule has 0 aromatic heterocycles. The van der Waals surface area contributed by atoms with E-state index in [0.29, 0.717) is 31.1 Å². The second-order valence-corrected chi connectivity index (χ2v) is 7.93. The highest BCUT2D eigenvalue weighted by Gasteiger charge is 2.31. The molecule has 0 aliphatic carbocycles. The molecule has 3 nitrogen and oxygen atoms in total. The minimum atomic E-state index is -4.21. The summed E-state index contributed by atoms with van der Waals surface area (Å²) in [6.45, 7) is 0.499. The third-order valence-corrected chi connectivity index (χ3v) is 5.87. The number of hydrogen-bond donors (Lipinski definition) is 0. The maximum Gasteiger partial charge on any atom is 0.401 e. The van der Waals surface area contributed by atoms with Crippen LogP contribution in [-0.2, 0) is 4.79 Å². The number of nitrogens with zero attached hydrogens (tertiary/aromatic N) is 2. The molecule has 8 heteroatoms. The predicted molar refractivity (Wildman–Crippen MR) is 103 cm³/mol. The molecule has 1 heterocycles. The van der Waals surface area contributed by atoms with E-state index < -0.39 is 12.7 Å². The second kappa shape index (κ2) is 8.71. The molecule has 1 saturated heterocycles. The van der Waals surface area contributed by atoms with E-state index in [9.17, 15) is 18.0 Å². The molecule has 1 aliphatic rings. The molecule has 0 N–H and O–H groups in total. The number of carbonyl (C=O) groups is 1. The molecule has 0 radical (unpaired) electrons. The summed E-state index contributed by atoms with van der Waals surface area (Å²) >= 11 is 7.72. The number of thioether (sulfide) groups is 1. The molecule has 27 heavy (non-hydrogen) atoms. The Balaban J connectivity index is 1.60. The third kappa shape index (κ3) is 5.53. The highest BCUT2D eigenvalue weighted by molar-refractivity contribution is 8.00. The number of halogens is 4. The number of alkyl halides is 3. The Hall–Kier alpha value is -1.44. The summed E-state index contributed by atoms with van der Waals surface area (Å²) in [5.41, 5.74) is 0. The Labute approximate surface area is 165 Å². The summed E-state index contributed by atoms with van der Waals surface area (Å²) in [5, 5.41) is 2.57. The van der Waals surface area contributed by atoms with E-state index in [1.807, 2.05) is 36.4 Å². The number of fused-ring (bicyclic) bond motifs is 1. The minimum Gasteiger partial charge on any atom is -0.341 e. The fourth-order valence-corrected chi connectivity index (χ4v) is 4.59. The summed E-state index contributed by atoms with van der Waals surface area (Å²) in [7, 11) is 0. The number of amides is 1. The lowest BCUT2D eigenvalue weighted by Crippen LogP contribution is -2.39. The van der Waals surface area contributed by atoms with Gasteiger partial charge in [-0.05, 0) is 23.9 Å². The van der Waals surface area contributed by atoms with Crippen molar-refractivity contribution in [3.63, 3.8) is 0 Å². The van der Waals surface area contributed by atoms with Crippen LogP contribution in [-0.4, -0.2) is 60.4 Å². The molecule has 146 valence electrons. The van der Waals surface area contributed by atoms with Crippen LogP contribution in [0.3, 0.4) is 0 Å². The zero-order chi connectivity index (χ0) is 19.4. The van der Waals surface area contributed by atoms with Crippen LogP contribution in [0.4, 0.5) is 13.2 Å². The van der Waals surface area contributed by atoms with Crippen molar-refractivity contribution in [2.24, 2.45) is 0 Å². The molecule has 2 aromatic carbocycles. The van der Waals surface area contributed by atoms with Crippen LogP contribution in [0.1, 0.15) is 6.42 Å². The van der Waals surface area contributed by atoms with E-state index in [0.717, 1.165) is 15.7 Å². The fourth-order valence-electron chi connectivity index (χ4n) is 3.25. The number of carbonyl (C=O) groups excluding carboxylic acids is 1. The van der Waals surface area contributed by atoms with Gasteiger partial charge in [-0.1, -0.05) is 35.9 Å². The Morgan fingerprint density at radius 1 is 1.07 bits per heavy atom. The molecule has 1 amide bonds. The Morgan fingerprint density at radius 3 is 2.56 bits per heavy atom. The second-order valence-electron chi connectivity index (χ2n) is 6.51. The van der Waals surface area contributed by atoms with Crippen LogP contribution >= 0.6 is 23.4 Å². The average molecular weight is 417 g/mol. The molecule has 0 bridgehead atoms. The highest BCUT2D eigenvalue weighted by Crippen LogP contribution is 2.33. The monoisotopic (exact) mass is 416 g/mol. The van der Waals surface area contributed by atoms with Crippen molar-refractivity contribution < 1.29 is 18.0 Å². The molecule has 0 unspecified atom stereocenters. The van der Waals surface area contributed by atoms with Gasteiger partial charge in [0, 0.05) is 41.5 Å². The van der Waals surface area contributed by atoms with Crippen LogP contribution in [0.15, 0.2) is 41.3 Å². The van der Waals surface area contributed by atoms with Crippen LogP contribution in [0.25, 0.3) is 10.8 Å². The molecule has 0 atom stereocenters. The number of benzene rings is 2. The molecular formula is C19H20ClF3N2OS. The molecular weight excluding hydrogens is 397 g/mol. The van der Waals surface area contributed by atoms with Gasteiger partial charge in [-0.3, -0.25) is 9.69 Å². The third-order valence-electron chi connectivity index (χ3n) is 4.51. The Morgan fingerprint density at radius 2 is 1.81 bits per heavy atom. The summed E-state index contributed by atoms with van der Waals surface area (Å²) in [4.78, 5) is 16.5. The van der Waals surface area contributed by atoms with E-state index in [1.165, 1.54) is 16.7 Å². The van der Waals surface area contributed by atoms with Gasteiger partial charge in [-0.15, -0.1) is 11.8 Å². The van der Waals surface area contributed by atoms with Gasteiger partial charge in [0.05, 0.1) is 12.3 Å². The standard InChI is InChI=1S/C19H20ClF3N2OS/c20-15-6-1-4-14-5-2-7-16(18(14)15)27-12-17(26)25-9-3-8-24(10-11-25)13-19(21,22)23/h1-2,4-7H,3,8-13H2. The Bertz CT molecular complexity index is 810. The van der Waals surface area contributed by atoms with E-state index in [4.69, 9.17) is 11.6 Å². The first kappa shape index (κ1) is 20.3. The quantitative estimate of drug-likeness (QED) is 0.676. The number of rotatable bonds is 4. The zero-order valence-corrected chi connectivity index (χ0v) is 16.2. The van der Waals surface area contributed by atoms with Crippen molar-refractivity contribution in [2.45, 2.75) is 17.5 Å². The summed E-state index contributed by atoms with van der Waals surface area (Å²) in [5.74, 6) is 0.182. The van der Waals surface area contributed by atoms with E-state index in [2.05, 4.69) is 0 Å². The molecule has 0 saturated carbocycles. The van der Waals surface area contributed by atoms with Crippen molar-refractivity contribution in [2.75, 3.05) is 38.5 Å². The topological polar surface area (TPSA) is 23.6 Å². The normalized spacial score (nSPS) is 16.5. The van der Waals surface area contributed by atoms with Gasteiger partial charge in [-0.2, -0.15) is 13.2 Å². The van der Waals surface area contributed by atoms with Crippen molar-refractivity contribution in [1.29, 1.82) is 0 Å². The van der Waals surface area contributed by atoms with Gasteiger partial charge in [0.1, 0.15) is 0 Å². The van der Waals surface area contributed by atoms with Gasteiger partial charge >= 0.3 is 6.18 Å². The predicted octanol–water partition coefficient (Wildman–Crippen LogP) is 4.68. The lowest BCUT2D eigenvalue weighted by atomic mass is 10.1. The first-order valence-corrected chi connectivity index (χ1v) is 10.1. The van der Waals surface area contributed by atoms with Gasteiger partial charge in [0.2, 0.25) is 5.91 Å². The van der Waals surface area contributed by atoms with Crippen molar-refractivity contribution >= 4 is 40.0 Å². The van der Waals surface area contributed by atoms with Gasteiger partial charge in [-0.25, -0.2) is 0 Å². The van der Waals surface area contributed by atoms with Crippen molar-refractivity contribution in [3.8, 4) is 0 Å². The summed E-state index contributed by atoms with van der Waals surface area (Å²) in [6.07, 6.45) is -3.66. The first-order chi connectivity index (χ1) is 12.8. The Kier molecular flexibility index (Phi) is 6.55. The van der Waals surface area contributed by atoms with Crippen molar-refractivity contribution in [1.82, 2.24) is 9.80 Å². The summed E-state index contributed by atoms with van der Waals surface area (Å²) < 4.78 is 37.7. The number of hydrogen-bond acceptors (Lipinski definition) is 3. The van der Waals surface area contributed by atoms with Crippen LogP contribution in [0, 0.1) is 0 Å². The maximum atomic E-state index is 12.6. The van der Waals surface area contributed by atoms with Gasteiger partial charge in [0.25, 0.3) is 0 Å². The molecule has 1 aliphatic heterocycles. The minimum absolute atomic E-state index is 0.0575. The lowest BCUT2D eigenvalue weighted by molar-refractivity contribution is -0.145. The van der Waals surface area contributed by atoms with Crippen molar-refractivity contribution in [3.05, 3.63) is 41.4 Å².